The van der Waals surface area contributed by atoms with Gasteiger partial charge in [-0.1, -0.05) is 44.2 Å². The van der Waals surface area contributed by atoms with Crippen molar-refractivity contribution in [1.29, 1.82) is 0 Å². The Kier molecular flexibility index (Phi) is 9.50. The van der Waals surface area contributed by atoms with Crippen LogP contribution in [0.15, 0.2) is 35.3 Å². The van der Waals surface area contributed by atoms with Crippen LogP contribution < -0.4 is 10.6 Å². The van der Waals surface area contributed by atoms with E-state index in [-0.39, 0.29) is 0 Å². The molecule has 0 aliphatic carbocycles. The lowest BCUT2D eigenvalue weighted by molar-refractivity contribution is 0.108. The van der Waals surface area contributed by atoms with Crippen molar-refractivity contribution in [1.82, 2.24) is 15.5 Å². The molecule has 1 heterocycles. The average Bonchev–Trinajstić information content (AvgIpc) is 3.18. The predicted octanol–water partition coefficient (Wildman–Crippen LogP) is 3.05. The van der Waals surface area contributed by atoms with Crippen molar-refractivity contribution in [2.75, 3.05) is 46.4 Å². The number of aliphatic imine (C=N–C) groups is 1. The molecule has 0 bridgehead atoms. The van der Waals surface area contributed by atoms with E-state index in [1.165, 1.54) is 31.5 Å². The molecule has 1 aromatic carbocycles. The Bertz CT molecular complexity index is 512. The normalized spacial score (nSPS) is 16.8. The summed E-state index contributed by atoms with van der Waals surface area (Å²) in [5.74, 6) is 1.46. The number of hydrogen-bond donors (Lipinski definition) is 2. The molecule has 0 amide bonds. The van der Waals surface area contributed by atoms with Crippen molar-refractivity contribution in [2.24, 2.45) is 10.9 Å². The summed E-state index contributed by atoms with van der Waals surface area (Å²) in [4.78, 5) is 6.94. The minimum absolute atomic E-state index is 0.395. The van der Waals surface area contributed by atoms with Gasteiger partial charge in [-0.05, 0) is 43.8 Å². The van der Waals surface area contributed by atoms with Crippen LogP contribution in [0.1, 0.15) is 44.7 Å². The Balaban J connectivity index is 1.77. The average molecular weight is 361 g/mol. The second kappa shape index (κ2) is 11.9. The van der Waals surface area contributed by atoms with E-state index >= 15 is 0 Å². The van der Waals surface area contributed by atoms with Crippen LogP contribution in [-0.2, 0) is 4.74 Å². The fourth-order valence-corrected chi connectivity index (χ4v) is 3.30. The van der Waals surface area contributed by atoms with Gasteiger partial charge in [0.05, 0.1) is 6.04 Å². The number of rotatable bonds is 10. The number of hydrogen-bond acceptors (Lipinski definition) is 3. The third-order valence-electron chi connectivity index (χ3n) is 4.66. The van der Waals surface area contributed by atoms with Crippen LogP contribution >= 0.6 is 0 Å². The number of ether oxygens (including phenoxy) is 1. The Labute approximate surface area is 159 Å². The lowest BCUT2D eigenvalue weighted by Crippen LogP contribution is -2.43. The molecule has 1 aliphatic rings. The Morgan fingerprint density at radius 2 is 1.88 bits per heavy atom. The summed E-state index contributed by atoms with van der Waals surface area (Å²) in [6, 6.07) is 11.2. The molecule has 1 aromatic rings. The third kappa shape index (κ3) is 7.34. The SMILES string of the molecule is CN=C(NCCCOCC(C)C)NCC(c1ccccc1)N1CCCC1. The van der Waals surface area contributed by atoms with Gasteiger partial charge in [0.2, 0.25) is 0 Å². The van der Waals surface area contributed by atoms with Gasteiger partial charge < -0.3 is 15.4 Å². The molecule has 1 saturated heterocycles. The van der Waals surface area contributed by atoms with E-state index in [2.05, 4.69) is 64.7 Å². The maximum atomic E-state index is 5.63. The van der Waals surface area contributed by atoms with Crippen LogP contribution in [0.3, 0.4) is 0 Å². The minimum atomic E-state index is 0.395. The standard InChI is InChI=1S/C21H36N4O/c1-18(2)17-26-15-9-12-23-21(22-3)24-16-20(25-13-7-8-14-25)19-10-5-4-6-11-19/h4-6,10-11,18,20H,7-9,12-17H2,1-3H3,(H2,22,23,24). The monoisotopic (exact) mass is 360 g/mol. The van der Waals surface area contributed by atoms with Crippen LogP contribution in [0, 0.1) is 5.92 Å². The third-order valence-corrected chi connectivity index (χ3v) is 4.66. The number of guanidine groups is 1. The van der Waals surface area contributed by atoms with Crippen LogP contribution in [-0.4, -0.2) is 57.3 Å². The molecular weight excluding hydrogens is 324 g/mol. The zero-order valence-electron chi connectivity index (χ0n) is 16.7. The highest BCUT2D eigenvalue weighted by Gasteiger charge is 2.23. The van der Waals surface area contributed by atoms with Gasteiger partial charge >= 0.3 is 0 Å². The first kappa shape index (κ1) is 20.7. The Morgan fingerprint density at radius 1 is 1.15 bits per heavy atom. The van der Waals surface area contributed by atoms with Crippen LogP contribution in [0.2, 0.25) is 0 Å². The molecule has 0 radical (unpaired) electrons. The lowest BCUT2D eigenvalue weighted by Gasteiger charge is -2.29. The number of likely N-dealkylation sites (tertiary alicyclic amines) is 1. The molecule has 5 heteroatoms. The van der Waals surface area contributed by atoms with E-state index in [0.717, 1.165) is 38.7 Å². The summed E-state index contributed by atoms with van der Waals surface area (Å²) in [7, 11) is 1.83. The molecule has 1 fully saturated rings. The topological polar surface area (TPSA) is 48.9 Å². The zero-order valence-corrected chi connectivity index (χ0v) is 16.7. The van der Waals surface area contributed by atoms with Gasteiger partial charge in [-0.3, -0.25) is 9.89 Å². The van der Waals surface area contributed by atoms with Crippen molar-refractivity contribution in [2.45, 2.75) is 39.2 Å². The summed E-state index contributed by atoms with van der Waals surface area (Å²) >= 11 is 0. The molecule has 2 N–H and O–H groups in total. The molecule has 1 atom stereocenters. The van der Waals surface area contributed by atoms with Crippen LogP contribution in [0.5, 0.6) is 0 Å². The molecule has 0 spiro atoms. The Hall–Kier alpha value is -1.59. The van der Waals surface area contributed by atoms with Gasteiger partial charge in [0, 0.05) is 33.4 Å². The first-order valence-corrected chi connectivity index (χ1v) is 10.0. The summed E-state index contributed by atoms with van der Waals surface area (Å²) in [5, 5.41) is 6.91. The van der Waals surface area contributed by atoms with Crippen LogP contribution in [0.25, 0.3) is 0 Å². The maximum Gasteiger partial charge on any atom is 0.191 e. The van der Waals surface area contributed by atoms with E-state index < -0.39 is 0 Å². The van der Waals surface area contributed by atoms with Gasteiger partial charge in [0.15, 0.2) is 5.96 Å². The van der Waals surface area contributed by atoms with Gasteiger partial charge in [0.25, 0.3) is 0 Å². The van der Waals surface area contributed by atoms with E-state index in [1.54, 1.807) is 0 Å². The van der Waals surface area contributed by atoms with Crippen molar-refractivity contribution < 1.29 is 4.74 Å². The molecule has 1 unspecified atom stereocenters. The molecule has 146 valence electrons. The minimum Gasteiger partial charge on any atom is -0.381 e. The first-order chi connectivity index (χ1) is 12.7. The number of nitrogens with zero attached hydrogens (tertiary/aromatic N) is 2. The van der Waals surface area contributed by atoms with Crippen molar-refractivity contribution in [3.05, 3.63) is 35.9 Å². The van der Waals surface area contributed by atoms with E-state index in [4.69, 9.17) is 4.74 Å². The molecule has 2 rings (SSSR count). The second-order valence-corrected chi connectivity index (χ2v) is 7.37. The van der Waals surface area contributed by atoms with Crippen LogP contribution in [0.4, 0.5) is 0 Å². The highest BCUT2D eigenvalue weighted by molar-refractivity contribution is 5.79. The molecule has 0 saturated carbocycles. The molecular formula is C21H36N4O. The quantitative estimate of drug-likeness (QED) is 0.382. The highest BCUT2D eigenvalue weighted by atomic mass is 16.5. The fourth-order valence-electron chi connectivity index (χ4n) is 3.30. The number of benzene rings is 1. The summed E-state index contributed by atoms with van der Waals surface area (Å²) in [6.07, 6.45) is 3.58. The molecule has 26 heavy (non-hydrogen) atoms. The predicted molar refractivity (Wildman–Crippen MR) is 110 cm³/mol. The largest absolute Gasteiger partial charge is 0.381 e. The summed E-state index contributed by atoms with van der Waals surface area (Å²) in [6.45, 7) is 10.1. The Morgan fingerprint density at radius 3 is 2.54 bits per heavy atom. The smallest absolute Gasteiger partial charge is 0.191 e. The second-order valence-electron chi connectivity index (χ2n) is 7.37. The molecule has 0 aromatic heterocycles. The van der Waals surface area contributed by atoms with Crippen molar-refractivity contribution >= 4 is 5.96 Å². The molecule has 1 aliphatic heterocycles. The maximum absolute atomic E-state index is 5.63. The highest BCUT2D eigenvalue weighted by Crippen LogP contribution is 2.24. The van der Waals surface area contributed by atoms with E-state index in [1.807, 2.05) is 7.05 Å². The summed E-state index contributed by atoms with van der Waals surface area (Å²) < 4.78 is 5.63. The number of nitrogens with one attached hydrogen (secondary N) is 2. The van der Waals surface area contributed by atoms with Gasteiger partial charge in [0.1, 0.15) is 0 Å². The molecule has 5 nitrogen and oxygen atoms in total. The van der Waals surface area contributed by atoms with Gasteiger partial charge in [-0.2, -0.15) is 0 Å². The van der Waals surface area contributed by atoms with E-state index in [9.17, 15) is 0 Å². The van der Waals surface area contributed by atoms with Gasteiger partial charge in [-0.25, -0.2) is 0 Å². The fraction of sp³-hybridized carbons (Fsp3) is 0.667. The van der Waals surface area contributed by atoms with Gasteiger partial charge in [-0.15, -0.1) is 0 Å². The lowest BCUT2D eigenvalue weighted by atomic mass is 10.1. The van der Waals surface area contributed by atoms with Crippen molar-refractivity contribution in [3.8, 4) is 0 Å². The zero-order chi connectivity index (χ0) is 18.6. The first-order valence-electron chi connectivity index (χ1n) is 10.0. The van der Waals surface area contributed by atoms with E-state index in [0.29, 0.717) is 12.0 Å². The summed E-state index contributed by atoms with van der Waals surface area (Å²) in [5.41, 5.74) is 1.37. The van der Waals surface area contributed by atoms with Crippen molar-refractivity contribution in [3.63, 3.8) is 0 Å².